The number of amides is 1. The van der Waals surface area contributed by atoms with E-state index < -0.39 is 5.54 Å². The topological polar surface area (TPSA) is 85.8 Å². The standard InChI is InChI=1S/C14H19N5O/c1-3-8-14(2,15)13(20)17-11-6-4-5-7-12(11)19-10-9-16-18-19/h4-7,9-10H,3,8,15H2,1-2H3,(H,17,20). The van der Waals surface area contributed by atoms with Gasteiger partial charge in [0.25, 0.3) is 0 Å². The van der Waals surface area contributed by atoms with Crippen LogP contribution in [-0.2, 0) is 4.79 Å². The molecule has 0 aliphatic rings. The summed E-state index contributed by atoms with van der Waals surface area (Å²) in [5, 5.41) is 10.6. The fraction of sp³-hybridized carbons (Fsp3) is 0.357. The molecule has 1 amide bonds. The van der Waals surface area contributed by atoms with Crippen molar-refractivity contribution in [2.45, 2.75) is 32.2 Å². The molecule has 0 fully saturated rings. The van der Waals surface area contributed by atoms with Crippen molar-refractivity contribution in [2.75, 3.05) is 5.32 Å². The van der Waals surface area contributed by atoms with Crippen LogP contribution in [0.2, 0.25) is 0 Å². The van der Waals surface area contributed by atoms with Gasteiger partial charge in [0, 0.05) is 0 Å². The van der Waals surface area contributed by atoms with Crippen LogP contribution in [0.3, 0.4) is 0 Å². The molecule has 0 aliphatic heterocycles. The first-order valence-corrected chi connectivity index (χ1v) is 6.60. The van der Waals surface area contributed by atoms with Crippen LogP contribution in [0.25, 0.3) is 5.69 Å². The first kappa shape index (κ1) is 14.2. The Morgan fingerprint density at radius 2 is 2.20 bits per heavy atom. The molecule has 2 rings (SSSR count). The minimum absolute atomic E-state index is 0.202. The molecule has 0 spiro atoms. The molecule has 0 bridgehead atoms. The number of hydrogen-bond acceptors (Lipinski definition) is 4. The molecule has 3 N–H and O–H groups in total. The highest BCUT2D eigenvalue weighted by molar-refractivity contribution is 5.99. The Morgan fingerprint density at radius 1 is 1.45 bits per heavy atom. The quantitative estimate of drug-likeness (QED) is 0.868. The van der Waals surface area contributed by atoms with E-state index in [1.54, 1.807) is 24.0 Å². The van der Waals surface area contributed by atoms with Crippen molar-refractivity contribution in [1.29, 1.82) is 0 Å². The molecule has 6 heteroatoms. The van der Waals surface area contributed by atoms with Crippen LogP contribution in [-0.4, -0.2) is 26.4 Å². The fourth-order valence-electron chi connectivity index (χ4n) is 2.01. The molecule has 1 atom stereocenters. The van der Waals surface area contributed by atoms with Crippen LogP contribution in [0.15, 0.2) is 36.7 Å². The summed E-state index contributed by atoms with van der Waals surface area (Å²) in [5.41, 5.74) is 6.57. The molecule has 0 radical (unpaired) electrons. The van der Waals surface area contributed by atoms with E-state index in [-0.39, 0.29) is 5.91 Å². The van der Waals surface area contributed by atoms with Crippen LogP contribution >= 0.6 is 0 Å². The van der Waals surface area contributed by atoms with Crippen molar-refractivity contribution in [3.8, 4) is 5.69 Å². The Hall–Kier alpha value is -2.21. The van der Waals surface area contributed by atoms with Gasteiger partial charge in [-0.05, 0) is 25.5 Å². The average Bonchev–Trinajstić information content (AvgIpc) is 2.93. The van der Waals surface area contributed by atoms with Crippen molar-refractivity contribution < 1.29 is 4.79 Å². The monoisotopic (exact) mass is 273 g/mol. The average molecular weight is 273 g/mol. The highest BCUT2D eigenvalue weighted by Crippen LogP contribution is 2.20. The van der Waals surface area contributed by atoms with Crippen molar-refractivity contribution in [2.24, 2.45) is 5.73 Å². The predicted octanol–water partition coefficient (Wildman–Crippen LogP) is 1.72. The van der Waals surface area contributed by atoms with Crippen molar-refractivity contribution >= 4 is 11.6 Å². The van der Waals surface area contributed by atoms with Crippen LogP contribution in [0, 0.1) is 0 Å². The smallest absolute Gasteiger partial charge is 0.244 e. The van der Waals surface area contributed by atoms with Gasteiger partial charge in [-0.1, -0.05) is 30.7 Å². The second kappa shape index (κ2) is 5.83. The number of hydrogen-bond donors (Lipinski definition) is 2. The van der Waals surface area contributed by atoms with Gasteiger partial charge in [0.15, 0.2) is 0 Å². The molecule has 0 saturated heterocycles. The number of benzene rings is 1. The van der Waals surface area contributed by atoms with Crippen LogP contribution in [0.4, 0.5) is 5.69 Å². The van der Waals surface area contributed by atoms with Gasteiger partial charge in [0.2, 0.25) is 5.91 Å². The van der Waals surface area contributed by atoms with Gasteiger partial charge < -0.3 is 11.1 Å². The number of anilines is 1. The third-order valence-electron chi connectivity index (χ3n) is 3.11. The largest absolute Gasteiger partial charge is 0.323 e. The predicted molar refractivity (Wildman–Crippen MR) is 77.5 cm³/mol. The zero-order valence-corrected chi connectivity index (χ0v) is 11.7. The zero-order chi connectivity index (χ0) is 14.6. The minimum atomic E-state index is -0.885. The third kappa shape index (κ3) is 3.03. The first-order chi connectivity index (χ1) is 9.54. The van der Waals surface area contributed by atoms with E-state index in [0.717, 1.165) is 12.1 Å². The summed E-state index contributed by atoms with van der Waals surface area (Å²) in [6.45, 7) is 3.74. The maximum Gasteiger partial charge on any atom is 0.244 e. The molecule has 1 unspecified atom stereocenters. The maximum absolute atomic E-state index is 12.3. The van der Waals surface area contributed by atoms with Crippen molar-refractivity contribution in [3.05, 3.63) is 36.7 Å². The highest BCUT2D eigenvalue weighted by atomic mass is 16.2. The Kier molecular flexibility index (Phi) is 4.14. The van der Waals surface area contributed by atoms with Crippen molar-refractivity contribution in [1.82, 2.24) is 15.0 Å². The number of nitrogens with one attached hydrogen (secondary N) is 1. The van der Waals surface area contributed by atoms with E-state index in [1.807, 2.05) is 31.2 Å². The number of aromatic nitrogens is 3. The summed E-state index contributed by atoms with van der Waals surface area (Å²) in [5.74, 6) is -0.202. The Morgan fingerprint density at radius 3 is 2.85 bits per heavy atom. The molecule has 1 aromatic carbocycles. The lowest BCUT2D eigenvalue weighted by Crippen LogP contribution is -2.48. The lowest BCUT2D eigenvalue weighted by Gasteiger charge is -2.23. The number of rotatable bonds is 5. The normalized spacial score (nSPS) is 13.8. The van der Waals surface area contributed by atoms with Gasteiger partial charge in [0.05, 0.1) is 29.3 Å². The van der Waals surface area contributed by atoms with Crippen LogP contribution in [0.1, 0.15) is 26.7 Å². The number of carbonyl (C=O) groups is 1. The summed E-state index contributed by atoms with van der Waals surface area (Å²) in [7, 11) is 0. The summed E-state index contributed by atoms with van der Waals surface area (Å²) in [6, 6.07) is 7.40. The van der Waals surface area contributed by atoms with E-state index in [9.17, 15) is 4.79 Å². The van der Waals surface area contributed by atoms with Gasteiger partial charge in [-0.3, -0.25) is 4.79 Å². The first-order valence-electron chi connectivity index (χ1n) is 6.60. The number of carbonyl (C=O) groups excluding carboxylic acids is 1. The number of nitrogens with two attached hydrogens (primary N) is 1. The van der Waals surface area contributed by atoms with Gasteiger partial charge in [-0.2, -0.15) is 0 Å². The Balaban J connectivity index is 2.25. The molecule has 106 valence electrons. The molecule has 20 heavy (non-hydrogen) atoms. The lowest BCUT2D eigenvalue weighted by molar-refractivity contribution is -0.120. The fourth-order valence-corrected chi connectivity index (χ4v) is 2.01. The van der Waals surface area contributed by atoms with Gasteiger partial charge in [0.1, 0.15) is 0 Å². The van der Waals surface area contributed by atoms with Crippen LogP contribution in [0.5, 0.6) is 0 Å². The van der Waals surface area contributed by atoms with Crippen LogP contribution < -0.4 is 11.1 Å². The van der Waals surface area contributed by atoms with E-state index in [4.69, 9.17) is 5.73 Å². The molecule has 6 nitrogen and oxygen atoms in total. The second-order valence-corrected chi connectivity index (χ2v) is 4.99. The van der Waals surface area contributed by atoms with Gasteiger partial charge >= 0.3 is 0 Å². The summed E-state index contributed by atoms with van der Waals surface area (Å²) in [6.07, 6.45) is 4.79. The molecule has 0 saturated carbocycles. The SMILES string of the molecule is CCCC(C)(N)C(=O)Nc1ccccc1-n1ccnn1. The Labute approximate surface area is 118 Å². The number of nitrogens with zero attached hydrogens (tertiary/aromatic N) is 3. The van der Waals surface area contributed by atoms with Crippen molar-refractivity contribution in [3.63, 3.8) is 0 Å². The lowest BCUT2D eigenvalue weighted by atomic mass is 9.96. The molecular formula is C14H19N5O. The number of para-hydroxylation sites is 2. The molecule has 1 heterocycles. The molecule has 0 aliphatic carbocycles. The maximum atomic E-state index is 12.3. The molecule has 1 aromatic heterocycles. The Bertz CT molecular complexity index is 577. The van der Waals surface area contributed by atoms with E-state index >= 15 is 0 Å². The summed E-state index contributed by atoms with van der Waals surface area (Å²) in [4.78, 5) is 12.3. The van der Waals surface area contributed by atoms with E-state index in [0.29, 0.717) is 12.1 Å². The van der Waals surface area contributed by atoms with E-state index in [1.165, 1.54) is 0 Å². The van der Waals surface area contributed by atoms with E-state index in [2.05, 4.69) is 15.6 Å². The summed E-state index contributed by atoms with van der Waals surface area (Å²) < 4.78 is 1.60. The molecule has 2 aromatic rings. The second-order valence-electron chi connectivity index (χ2n) is 4.99. The van der Waals surface area contributed by atoms with Gasteiger partial charge in [-0.15, -0.1) is 5.10 Å². The third-order valence-corrected chi connectivity index (χ3v) is 3.11. The van der Waals surface area contributed by atoms with Gasteiger partial charge in [-0.25, -0.2) is 4.68 Å². The minimum Gasteiger partial charge on any atom is -0.323 e. The molecular weight excluding hydrogens is 254 g/mol. The summed E-state index contributed by atoms with van der Waals surface area (Å²) >= 11 is 0. The highest BCUT2D eigenvalue weighted by Gasteiger charge is 2.27. The zero-order valence-electron chi connectivity index (χ0n) is 11.7.